The van der Waals surface area contributed by atoms with Gasteiger partial charge >= 0.3 is 5.97 Å². The van der Waals surface area contributed by atoms with Crippen LogP contribution in [0.2, 0.25) is 0 Å². The van der Waals surface area contributed by atoms with E-state index in [2.05, 4.69) is 9.74 Å². The minimum atomic E-state index is -1.20. The minimum absolute atomic E-state index is 0.654. The molecule has 0 saturated heterocycles. The lowest BCUT2D eigenvalue weighted by molar-refractivity contribution is -0.493. The second kappa shape index (κ2) is 4.86. The molecule has 0 aliphatic heterocycles. The number of aliphatic carboxylic acids is 1. The minimum Gasteiger partial charge on any atom is -0.480 e. The summed E-state index contributed by atoms with van der Waals surface area (Å²) in [6.07, 6.45) is 0. The highest BCUT2D eigenvalue weighted by Crippen LogP contribution is 2.28. The van der Waals surface area contributed by atoms with E-state index in [4.69, 9.17) is 10.8 Å². The van der Waals surface area contributed by atoms with Crippen LogP contribution in [0.3, 0.4) is 0 Å². The van der Waals surface area contributed by atoms with E-state index in [9.17, 15) is 14.9 Å². The molecule has 0 heterocycles. The molecule has 9 heteroatoms. The van der Waals surface area contributed by atoms with Gasteiger partial charge in [-0.25, -0.2) is 0 Å². The van der Waals surface area contributed by atoms with Gasteiger partial charge in [-0.05, 0) is 13.8 Å². The summed E-state index contributed by atoms with van der Waals surface area (Å²) in [5.41, 5.74) is 5.32. The van der Waals surface area contributed by atoms with E-state index in [1.54, 1.807) is 0 Å². The molecular formula is C5H10N4O4S. The molecule has 14 heavy (non-hydrogen) atoms. The summed E-state index contributed by atoms with van der Waals surface area (Å²) >= 11 is 0.654. The van der Waals surface area contributed by atoms with Gasteiger partial charge in [-0.1, -0.05) is 0 Å². The van der Waals surface area contributed by atoms with E-state index in [0.29, 0.717) is 11.9 Å². The zero-order valence-corrected chi connectivity index (χ0v) is 8.39. The number of carbonyl (C=O) groups is 1. The molecule has 0 amide bonds. The van der Waals surface area contributed by atoms with Crippen LogP contribution in [-0.4, -0.2) is 26.9 Å². The summed E-state index contributed by atoms with van der Waals surface area (Å²) < 4.78 is 2.19. The van der Waals surface area contributed by atoms with Crippen molar-refractivity contribution < 1.29 is 14.9 Å². The number of hydrogen-bond acceptors (Lipinski definition) is 6. The number of carboxylic acids is 1. The molecule has 80 valence electrons. The van der Waals surface area contributed by atoms with Crippen molar-refractivity contribution in [1.82, 2.24) is 0 Å². The van der Waals surface area contributed by atoms with Crippen molar-refractivity contribution in [3.8, 4) is 0 Å². The Hall–Kier alpha value is -1.22. The van der Waals surface area contributed by atoms with Crippen LogP contribution in [0.1, 0.15) is 13.8 Å². The summed E-state index contributed by atoms with van der Waals surface area (Å²) in [6.45, 7) is 3.02. The van der Waals surface area contributed by atoms with E-state index >= 15 is 0 Å². The number of nitrogens with zero attached hydrogens (tertiary/aromatic N) is 3. The molecule has 0 aromatic heterocycles. The van der Waals surface area contributed by atoms with Crippen molar-refractivity contribution >= 4 is 17.9 Å². The van der Waals surface area contributed by atoms with Crippen molar-refractivity contribution in [3.63, 3.8) is 0 Å². The van der Waals surface area contributed by atoms with Gasteiger partial charge in [0.15, 0.2) is 5.22 Å². The first kappa shape index (κ1) is 12.8. The third-order valence-corrected chi connectivity index (χ3v) is 2.28. The predicted octanol–water partition coefficient (Wildman–Crippen LogP) is 0.469. The fourth-order valence-electron chi connectivity index (χ4n) is 0.507. The van der Waals surface area contributed by atoms with Crippen LogP contribution < -0.4 is 5.73 Å². The third kappa shape index (κ3) is 4.14. The molecule has 1 atom stereocenters. The Morgan fingerprint density at radius 1 is 1.71 bits per heavy atom. The van der Waals surface area contributed by atoms with Crippen molar-refractivity contribution in [2.75, 3.05) is 0 Å². The van der Waals surface area contributed by atoms with Gasteiger partial charge in [0.2, 0.25) is 0 Å². The highest BCUT2D eigenvalue weighted by Gasteiger charge is 2.36. The third-order valence-electron chi connectivity index (χ3n) is 1.40. The van der Waals surface area contributed by atoms with Crippen molar-refractivity contribution in [1.29, 1.82) is 0 Å². The zero-order valence-electron chi connectivity index (χ0n) is 7.58. The number of nitrogens with two attached hydrogens (primary N) is 1. The predicted molar refractivity (Wildman–Crippen MR) is 49.1 cm³/mol. The van der Waals surface area contributed by atoms with Crippen molar-refractivity contribution in [2.45, 2.75) is 24.6 Å². The summed E-state index contributed by atoms with van der Waals surface area (Å²) in [5, 5.41) is 20.0. The Morgan fingerprint density at radius 3 is 2.57 bits per heavy atom. The molecular weight excluding hydrogens is 212 g/mol. The highest BCUT2D eigenvalue weighted by molar-refractivity contribution is 7.99. The second-order valence-corrected chi connectivity index (χ2v) is 4.32. The number of carboxylic acid groups (broad SMARTS) is 1. The maximum atomic E-state index is 10.5. The summed E-state index contributed by atoms with van der Waals surface area (Å²) in [5.74, 6) is -1.20. The van der Waals surface area contributed by atoms with Crippen LogP contribution in [0.5, 0.6) is 0 Å². The van der Waals surface area contributed by atoms with E-state index in [-0.39, 0.29) is 0 Å². The monoisotopic (exact) mass is 222 g/mol. The normalized spacial score (nSPS) is 14.2. The average molecular weight is 222 g/mol. The largest absolute Gasteiger partial charge is 0.480 e. The first-order valence-corrected chi connectivity index (χ1v) is 4.26. The average Bonchev–Trinajstić information content (AvgIpc) is 2.01. The highest BCUT2D eigenvalue weighted by atomic mass is 32.2. The molecule has 0 fully saturated rings. The van der Waals surface area contributed by atoms with Crippen molar-refractivity contribution in [3.05, 3.63) is 10.1 Å². The number of rotatable bonds is 5. The molecule has 0 unspecified atom stereocenters. The van der Waals surface area contributed by atoms with Crippen LogP contribution in [-0.2, 0) is 4.79 Å². The molecule has 0 aromatic rings. The topological polar surface area (TPSA) is 131 Å². The Kier molecular flexibility index (Phi) is 4.44. The fourth-order valence-corrected chi connectivity index (χ4v) is 1.03. The Bertz CT molecular complexity index is 266. The van der Waals surface area contributed by atoms with Gasteiger partial charge in [-0.2, -0.15) is 0 Å². The van der Waals surface area contributed by atoms with Crippen LogP contribution in [0, 0.1) is 10.1 Å². The van der Waals surface area contributed by atoms with Gasteiger partial charge in [0.25, 0.3) is 0 Å². The molecule has 3 N–H and O–H groups in total. The molecule has 0 aromatic carbocycles. The smallest absolute Gasteiger partial charge is 0.322 e. The first-order chi connectivity index (χ1) is 6.27. The van der Waals surface area contributed by atoms with Crippen molar-refractivity contribution in [2.24, 2.45) is 15.5 Å². The number of hydrogen-bond donors (Lipinski definition) is 2. The quantitative estimate of drug-likeness (QED) is 0.301. The maximum Gasteiger partial charge on any atom is 0.322 e. The Morgan fingerprint density at radius 2 is 2.21 bits per heavy atom. The Labute approximate surface area is 83.8 Å². The SMILES string of the molecule is CC(C)(S/N=N/[N+](=O)[O-])[C@H](N)C(=O)O. The zero-order chi connectivity index (χ0) is 11.4. The molecule has 8 nitrogen and oxygen atoms in total. The van der Waals surface area contributed by atoms with E-state index in [0.717, 1.165) is 0 Å². The molecule has 0 aliphatic rings. The summed E-state index contributed by atoms with van der Waals surface area (Å²) in [6, 6.07) is -1.17. The lowest BCUT2D eigenvalue weighted by Crippen LogP contribution is -2.46. The van der Waals surface area contributed by atoms with Gasteiger partial charge in [0.05, 0.1) is 9.78 Å². The lowest BCUT2D eigenvalue weighted by atomic mass is 10.1. The van der Waals surface area contributed by atoms with Gasteiger partial charge in [-0.3, -0.25) is 4.79 Å². The van der Waals surface area contributed by atoms with Gasteiger partial charge < -0.3 is 21.0 Å². The van der Waals surface area contributed by atoms with Gasteiger partial charge in [0, 0.05) is 0 Å². The van der Waals surface area contributed by atoms with E-state index < -0.39 is 21.8 Å². The lowest BCUT2D eigenvalue weighted by Gasteiger charge is -2.20. The van der Waals surface area contributed by atoms with Crippen LogP contribution in [0.15, 0.2) is 9.74 Å². The van der Waals surface area contributed by atoms with E-state index in [1.807, 2.05) is 0 Å². The summed E-state index contributed by atoms with van der Waals surface area (Å²) in [4.78, 5) is 20.3. The number of nitro groups is 1. The molecule has 0 radical (unpaired) electrons. The van der Waals surface area contributed by atoms with Crippen LogP contribution in [0.25, 0.3) is 0 Å². The second-order valence-electron chi connectivity index (χ2n) is 2.92. The molecule has 0 bridgehead atoms. The molecule has 0 saturated carbocycles. The maximum absolute atomic E-state index is 10.5. The summed E-state index contributed by atoms with van der Waals surface area (Å²) in [7, 11) is 0. The molecule has 0 rings (SSSR count). The van der Waals surface area contributed by atoms with Crippen LogP contribution >= 0.6 is 11.9 Å². The van der Waals surface area contributed by atoms with Gasteiger partial charge in [0.1, 0.15) is 22.5 Å². The fraction of sp³-hybridized carbons (Fsp3) is 0.800. The van der Waals surface area contributed by atoms with E-state index in [1.165, 1.54) is 13.8 Å². The molecule has 0 spiro atoms. The van der Waals surface area contributed by atoms with Gasteiger partial charge in [-0.15, -0.1) is 0 Å². The Balaban J connectivity index is 4.34. The molecule has 0 aliphatic carbocycles. The first-order valence-electron chi connectivity index (χ1n) is 3.49. The standard InChI is InChI=1S/C5H10N4O4S/c1-5(2,3(6)4(10)11)14-8-7-9(12)13/h3H,6H2,1-2H3,(H,10,11)/b8-7+/t3-/m1/s1. The van der Waals surface area contributed by atoms with Crippen LogP contribution in [0.4, 0.5) is 0 Å².